The number of nitrogens with zero attached hydrogens (tertiary/aromatic N) is 3. The van der Waals surface area contributed by atoms with Crippen LogP contribution in [0.25, 0.3) is 0 Å². The molecule has 208 valence electrons. The summed E-state index contributed by atoms with van der Waals surface area (Å²) in [6.07, 6.45) is 0.970. The van der Waals surface area contributed by atoms with Gasteiger partial charge in [-0.05, 0) is 42.3 Å². The Bertz CT molecular complexity index is 1200. The second kappa shape index (κ2) is 15.2. The Balaban J connectivity index is 0.00000180. The molecule has 1 unspecified atom stereocenters. The quantitative estimate of drug-likeness (QED) is 0.435. The second-order valence-electron chi connectivity index (χ2n) is 8.80. The molecule has 4 N–H and O–H groups in total. The fourth-order valence-corrected chi connectivity index (χ4v) is 5.16. The molecule has 38 heavy (non-hydrogen) atoms. The Morgan fingerprint density at radius 1 is 0.895 bits per heavy atom. The van der Waals surface area contributed by atoms with E-state index in [1.54, 1.807) is 14.2 Å². The van der Waals surface area contributed by atoms with Crippen molar-refractivity contribution >= 4 is 47.8 Å². The van der Waals surface area contributed by atoms with Crippen molar-refractivity contribution in [2.45, 2.75) is 12.5 Å². The number of ether oxygens (including phenoxy) is 2. The van der Waals surface area contributed by atoms with Gasteiger partial charge in [-0.15, -0.1) is 24.8 Å². The first-order chi connectivity index (χ1) is 16.7. The number of hydrogen-bond acceptors (Lipinski definition) is 5. The molecular weight excluding hydrogens is 549 g/mol. The highest BCUT2D eigenvalue weighted by molar-refractivity contribution is 6.31. The lowest BCUT2D eigenvalue weighted by Crippen LogP contribution is -2.54. The van der Waals surface area contributed by atoms with Gasteiger partial charge in [-0.25, -0.2) is 0 Å². The fraction of sp³-hybridized carbons (Fsp3) is 0.321. The van der Waals surface area contributed by atoms with Crippen molar-refractivity contribution in [2.24, 2.45) is 4.99 Å². The summed E-state index contributed by atoms with van der Waals surface area (Å²) in [6.45, 7) is 4.75. The Hall–Kier alpha value is -2.52. The summed E-state index contributed by atoms with van der Waals surface area (Å²) in [5, 5.41) is 0.745. The second-order valence-corrected chi connectivity index (χ2v) is 9.24. The predicted octanol–water partition coefficient (Wildman–Crippen LogP) is 4.14. The van der Waals surface area contributed by atoms with Gasteiger partial charge in [0.15, 0.2) is 11.5 Å². The van der Waals surface area contributed by atoms with Crippen LogP contribution in [0, 0.1) is 0 Å². The van der Waals surface area contributed by atoms with Crippen LogP contribution in [0.3, 0.4) is 0 Å². The highest BCUT2D eigenvalue weighted by atomic mass is 35.5. The van der Waals surface area contributed by atoms with Crippen LogP contribution in [0.1, 0.15) is 16.7 Å². The molecule has 0 aromatic heterocycles. The summed E-state index contributed by atoms with van der Waals surface area (Å²) in [6, 6.07) is 23.2. The van der Waals surface area contributed by atoms with Gasteiger partial charge in [0.25, 0.3) is 0 Å². The van der Waals surface area contributed by atoms with Gasteiger partial charge in [0.05, 0.1) is 32.5 Å². The lowest BCUT2D eigenvalue weighted by Gasteiger charge is -2.42. The summed E-state index contributed by atoms with van der Waals surface area (Å²) in [7, 11) is 3.35. The molecule has 5 rings (SSSR count). The molecule has 2 aliphatic rings. The van der Waals surface area contributed by atoms with Gasteiger partial charge in [-0.1, -0.05) is 48.0 Å². The fourth-order valence-electron chi connectivity index (χ4n) is 4.99. The van der Waals surface area contributed by atoms with E-state index in [0.717, 1.165) is 72.5 Å². The molecule has 1 saturated heterocycles. The maximum atomic E-state index is 6.42. The highest BCUT2D eigenvalue weighted by Gasteiger charge is 2.31. The largest absolute Gasteiger partial charge is 0.493 e. The summed E-state index contributed by atoms with van der Waals surface area (Å²) in [5.41, 5.74) is 5.78. The molecular formula is C28H36Cl3N3O4. The zero-order chi connectivity index (χ0) is 23.5. The summed E-state index contributed by atoms with van der Waals surface area (Å²) in [5.74, 6) is 1.55. The van der Waals surface area contributed by atoms with Crippen molar-refractivity contribution in [3.63, 3.8) is 0 Å². The Labute approximate surface area is 241 Å². The number of halogens is 3. The van der Waals surface area contributed by atoms with E-state index in [2.05, 4.69) is 58.3 Å². The van der Waals surface area contributed by atoms with Crippen LogP contribution in [0.5, 0.6) is 11.5 Å². The molecule has 0 amide bonds. The number of methoxy groups -OCH3 is 2. The van der Waals surface area contributed by atoms with E-state index in [1.165, 1.54) is 11.3 Å². The topological polar surface area (TPSA) is 100 Å². The molecule has 0 aliphatic carbocycles. The minimum Gasteiger partial charge on any atom is -0.493 e. The molecule has 1 atom stereocenters. The molecule has 3 aromatic carbocycles. The van der Waals surface area contributed by atoms with Crippen LogP contribution >= 0.6 is 36.4 Å². The molecule has 10 heteroatoms. The van der Waals surface area contributed by atoms with Gasteiger partial charge >= 0.3 is 0 Å². The SMILES string of the molecule is COc1ccc(CCN2CCN3c4ccc(Cl)cc4C(c4ccccc4)=NCC3C2)cc1OC.Cl.Cl.O.O. The third-order valence-electron chi connectivity index (χ3n) is 6.76. The van der Waals surface area contributed by atoms with Crippen LogP contribution in [-0.4, -0.2) is 74.5 Å². The third kappa shape index (κ3) is 7.11. The maximum absolute atomic E-state index is 6.42. The highest BCUT2D eigenvalue weighted by Crippen LogP contribution is 2.33. The first kappa shape index (κ1) is 33.5. The number of benzene rings is 3. The van der Waals surface area contributed by atoms with Gasteiger partial charge in [0.1, 0.15) is 0 Å². The molecule has 1 fully saturated rings. The van der Waals surface area contributed by atoms with Crippen LogP contribution in [0.4, 0.5) is 5.69 Å². The molecule has 0 bridgehead atoms. The minimum atomic E-state index is 0. The van der Waals surface area contributed by atoms with Crippen molar-refractivity contribution in [1.82, 2.24) is 4.90 Å². The van der Waals surface area contributed by atoms with E-state index < -0.39 is 0 Å². The normalized spacial score (nSPS) is 16.0. The third-order valence-corrected chi connectivity index (χ3v) is 7.00. The number of fused-ring (bicyclic) bond motifs is 3. The van der Waals surface area contributed by atoms with E-state index in [-0.39, 0.29) is 35.8 Å². The zero-order valence-electron chi connectivity index (χ0n) is 21.5. The standard InChI is InChI=1S/C28H30ClN3O2.2ClH.2H2O/c1-33-26-11-8-20(16-27(26)34-2)12-13-31-14-15-32-23(19-31)18-30-28(21-6-4-3-5-7-21)24-17-22(29)9-10-25(24)32;;;;/h3-11,16-17,23H,12-15,18-19H2,1-2H3;2*1H;2*1H2. The summed E-state index contributed by atoms with van der Waals surface area (Å²) < 4.78 is 10.8. The molecule has 0 radical (unpaired) electrons. The smallest absolute Gasteiger partial charge is 0.160 e. The Kier molecular flexibility index (Phi) is 13.4. The Morgan fingerprint density at radius 3 is 2.34 bits per heavy atom. The van der Waals surface area contributed by atoms with Crippen molar-refractivity contribution in [3.8, 4) is 11.5 Å². The van der Waals surface area contributed by atoms with Crippen molar-refractivity contribution < 1.29 is 20.4 Å². The van der Waals surface area contributed by atoms with Crippen molar-refractivity contribution in [3.05, 3.63) is 88.4 Å². The first-order valence-corrected chi connectivity index (χ1v) is 12.1. The lowest BCUT2D eigenvalue weighted by atomic mass is 9.99. The van der Waals surface area contributed by atoms with Crippen molar-refractivity contribution in [2.75, 3.05) is 51.8 Å². The zero-order valence-corrected chi connectivity index (χ0v) is 23.9. The van der Waals surface area contributed by atoms with Gasteiger partial charge in [0, 0.05) is 48.0 Å². The first-order valence-electron chi connectivity index (χ1n) is 11.8. The molecule has 7 nitrogen and oxygen atoms in total. The maximum Gasteiger partial charge on any atom is 0.160 e. The van der Waals surface area contributed by atoms with E-state index in [9.17, 15) is 0 Å². The van der Waals surface area contributed by atoms with E-state index in [1.807, 2.05) is 18.2 Å². The van der Waals surface area contributed by atoms with Gasteiger partial charge in [-0.3, -0.25) is 9.89 Å². The lowest BCUT2D eigenvalue weighted by molar-refractivity contribution is 0.227. The van der Waals surface area contributed by atoms with E-state index in [4.69, 9.17) is 26.1 Å². The average molecular weight is 585 g/mol. The van der Waals surface area contributed by atoms with Crippen LogP contribution in [0.2, 0.25) is 5.02 Å². The number of piperazine rings is 1. The minimum absolute atomic E-state index is 0. The predicted molar refractivity (Wildman–Crippen MR) is 161 cm³/mol. The number of hydrogen-bond donors (Lipinski definition) is 0. The molecule has 2 aliphatic heterocycles. The van der Waals surface area contributed by atoms with Crippen molar-refractivity contribution in [1.29, 1.82) is 0 Å². The summed E-state index contributed by atoms with van der Waals surface area (Å²) in [4.78, 5) is 10.2. The van der Waals surface area contributed by atoms with Crippen LogP contribution < -0.4 is 14.4 Å². The molecule has 0 spiro atoms. The Morgan fingerprint density at radius 2 is 1.63 bits per heavy atom. The molecule has 0 saturated carbocycles. The summed E-state index contributed by atoms with van der Waals surface area (Å²) >= 11 is 6.42. The molecule has 2 heterocycles. The number of anilines is 1. The van der Waals surface area contributed by atoms with Gasteiger partial charge in [-0.2, -0.15) is 0 Å². The number of rotatable bonds is 6. The monoisotopic (exact) mass is 583 g/mol. The van der Waals surface area contributed by atoms with Crippen LogP contribution in [-0.2, 0) is 6.42 Å². The van der Waals surface area contributed by atoms with Gasteiger partial charge < -0.3 is 25.3 Å². The van der Waals surface area contributed by atoms with E-state index >= 15 is 0 Å². The number of aliphatic imine (C=N–C) groups is 1. The van der Waals surface area contributed by atoms with E-state index in [0.29, 0.717) is 6.04 Å². The van der Waals surface area contributed by atoms with Gasteiger partial charge in [0.2, 0.25) is 0 Å². The van der Waals surface area contributed by atoms with Crippen LogP contribution in [0.15, 0.2) is 71.7 Å². The molecule has 3 aromatic rings. The average Bonchev–Trinajstić information content (AvgIpc) is 3.04.